The monoisotopic (exact) mass is 264 g/mol. The highest BCUT2D eigenvalue weighted by atomic mass is 32.2. The summed E-state index contributed by atoms with van der Waals surface area (Å²) in [6, 6.07) is 6.72. The van der Waals surface area contributed by atoms with Crippen molar-refractivity contribution in [3.05, 3.63) is 36.0 Å². The van der Waals surface area contributed by atoms with E-state index in [1.807, 2.05) is 6.07 Å². The molecule has 0 unspecified atom stereocenters. The lowest BCUT2D eigenvalue weighted by Crippen LogP contribution is -2.12. The molecule has 5 heteroatoms. The number of hydrogen-bond donors (Lipinski definition) is 1. The van der Waals surface area contributed by atoms with Crippen LogP contribution in [0.3, 0.4) is 0 Å². The average molecular weight is 264 g/mol. The van der Waals surface area contributed by atoms with Crippen molar-refractivity contribution in [2.75, 3.05) is 0 Å². The normalized spacial score (nSPS) is 12.2. The van der Waals surface area contributed by atoms with E-state index >= 15 is 0 Å². The van der Waals surface area contributed by atoms with Gasteiger partial charge in [0.05, 0.1) is 10.4 Å². The quantitative estimate of drug-likeness (QED) is 0.922. The van der Waals surface area contributed by atoms with Crippen LogP contribution in [0.15, 0.2) is 35.4 Å². The van der Waals surface area contributed by atoms with Crippen LogP contribution in [0.1, 0.15) is 19.4 Å². The molecule has 2 N–H and O–H groups in total. The Morgan fingerprint density at radius 2 is 2.00 bits per heavy atom. The van der Waals surface area contributed by atoms with Crippen molar-refractivity contribution in [3.8, 4) is 0 Å². The van der Waals surface area contributed by atoms with E-state index in [9.17, 15) is 8.42 Å². The van der Waals surface area contributed by atoms with Gasteiger partial charge in [0.2, 0.25) is 10.0 Å². The van der Waals surface area contributed by atoms with Crippen molar-refractivity contribution < 1.29 is 8.42 Å². The number of pyridine rings is 1. The summed E-state index contributed by atoms with van der Waals surface area (Å²) in [5, 5.41) is 6.01. The largest absolute Gasteiger partial charge is 0.256 e. The van der Waals surface area contributed by atoms with Crippen molar-refractivity contribution in [1.82, 2.24) is 4.98 Å². The third kappa shape index (κ3) is 2.68. The zero-order chi connectivity index (χ0) is 13.3. The van der Waals surface area contributed by atoms with E-state index in [-0.39, 0.29) is 4.90 Å². The van der Waals surface area contributed by atoms with Gasteiger partial charge in [-0.1, -0.05) is 13.8 Å². The molecule has 0 saturated carbocycles. The third-order valence-electron chi connectivity index (χ3n) is 2.76. The van der Waals surface area contributed by atoms with Crippen LogP contribution in [0.4, 0.5) is 0 Å². The van der Waals surface area contributed by atoms with Crippen LogP contribution < -0.4 is 5.14 Å². The molecule has 4 nitrogen and oxygen atoms in total. The second-order valence-corrected chi connectivity index (χ2v) is 6.35. The first-order valence-electron chi connectivity index (χ1n) is 5.78. The molecule has 0 atom stereocenters. The first-order chi connectivity index (χ1) is 8.38. The SMILES string of the molecule is CC(C)Cc1ccnc2ccc(S(N)(=O)=O)cc12. The number of hydrogen-bond acceptors (Lipinski definition) is 3. The molecule has 0 spiro atoms. The molecule has 0 fully saturated rings. The minimum atomic E-state index is -3.67. The Hall–Kier alpha value is -1.46. The topological polar surface area (TPSA) is 73.0 Å². The number of benzene rings is 1. The van der Waals surface area contributed by atoms with Gasteiger partial charge in [-0.2, -0.15) is 0 Å². The smallest absolute Gasteiger partial charge is 0.238 e. The van der Waals surface area contributed by atoms with Crippen molar-refractivity contribution in [3.63, 3.8) is 0 Å². The van der Waals surface area contributed by atoms with Gasteiger partial charge in [0.15, 0.2) is 0 Å². The van der Waals surface area contributed by atoms with Crippen molar-refractivity contribution in [2.24, 2.45) is 11.1 Å². The van der Waals surface area contributed by atoms with E-state index in [0.717, 1.165) is 22.9 Å². The molecule has 18 heavy (non-hydrogen) atoms. The van der Waals surface area contributed by atoms with E-state index in [1.165, 1.54) is 6.07 Å². The van der Waals surface area contributed by atoms with Crippen LogP contribution in [0.2, 0.25) is 0 Å². The second kappa shape index (κ2) is 4.66. The fourth-order valence-corrected chi connectivity index (χ4v) is 2.52. The molecule has 0 radical (unpaired) electrons. The molecule has 1 aromatic heterocycles. The van der Waals surface area contributed by atoms with Gasteiger partial charge in [0, 0.05) is 11.6 Å². The summed E-state index contributed by atoms with van der Waals surface area (Å²) in [5.41, 5.74) is 1.89. The lowest BCUT2D eigenvalue weighted by atomic mass is 10.00. The summed E-state index contributed by atoms with van der Waals surface area (Å²) in [7, 11) is -3.67. The fraction of sp³-hybridized carbons (Fsp3) is 0.308. The highest BCUT2D eigenvalue weighted by molar-refractivity contribution is 7.89. The Morgan fingerprint density at radius 1 is 1.28 bits per heavy atom. The molecule has 0 amide bonds. The molecule has 0 aliphatic carbocycles. The molecule has 0 aliphatic heterocycles. The zero-order valence-electron chi connectivity index (χ0n) is 10.4. The average Bonchev–Trinajstić information content (AvgIpc) is 2.27. The Balaban J connectivity index is 2.66. The van der Waals surface area contributed by atoms with Crippen LogP contribution in [0.5, 0.6) is 0 Å². The molecule has 1 aromatic carbocycles. The second-order valence-electron chi connectivity index (χ2n) is 4.79. The van der Waals surface area contributed by atoms with Crippen molar-refractivity contribution in [2.45, 2.75) is 25.2 Å². The maximum absolute atomic E-state index is 11.4. The molecule has 2 rings (SSSR count). The minimum Gasteiger partial charge on any atom is -0.256 e. The molecule has 0 bridgehead atoms. The Morgan fingerprint density at radius 3 is 2.61 bits per heavy atom. The van der Waals surface area contributed by atoms with Crippen molar-refractivity contribution in [1.29, 1.82) is 0 Å². The molecular formula is C13H16N2O2S. The molecule has 2 aromatic rings. The fourth-order valence-electron chi connectivity index (χ4n) is 1.98. The first-order valence-corrected chi connectivity index (χ1v) is 7.33. The molecule has 0 saturated heterocycles. The van der Waals surface area contributed by atoms with Gasteiger partial charge in [0.1, 0.15) is 0 Å². The van der Waals surface area contributed by atoms with E-state index in [2.05, 4.69) is 18.8 Å². The molecule has 1 heterocycles. The summed E-state index contributed by atoms with van der Waals surface area (Å²) in [4.78, 5) is 4.37. The van der Waals surface area contributed by atoms with Crippen LogP contribution in [-0.4, -0.2) is 13.4 Å². The summed E-state index contributed by atoms with van der Waals surface area (Å²) in [6.07, 6.45) is 2.63. The molecule has 96 valence electrons. The third-order valence-corrected chi connectivity index (χ3v) is 3.67. The number of rotatable bonds is 3. The van der Waals surface area contributed by atoms with E-state index in [4.69, 9.17) is 5.14 Å². The van der Waals surface area contributed by atoms with Gasteiger partial charge in [-0.05, 0) is 42.2 Å². The summed E-state index contributed by atoms with van der Waals surface area (Å²) >= 11 is 0. The maximum atomic E-state index is 11.4. The Labute approximate surface area is 107 Å². The van der Waals surface area contributed by atoms with Gasteiger partial charge in [-0.3, -0.25) is 4.98 Å². The summed E-state index contributed by atoms with van der Waals surface area (Å²) in [5.74, 6) is 0.494. The van der Waals surface area contributed by atoms with Gasteiger partial charge in [-0.15, -0.1) is 0 Å². The lowest BCUT2D eigenvalue weighted by Gasteiger charge is -2.09. The van der Waals surface area contributed by atoms with Crippen LogP contribution in [-0.2, 0) is 16.4 Å². The van der Waals surface area contributed by atoms with Gasteiger partial charge in [-0.25, -0.2) is 13.6 Å². The predicted molar refractivity (Wildman–Crippen MR) is 71.7 cm³/mol. The first kappa shape index (κ1) is 13.0. The summed E-state index contributed by atoms with van der Waals surface area (Å²) in [6.45, 7) is 4.24. The van der Waals surface area contributed by atoms with Crippen LogP contribution in [0.25, 0.3) is 10.9 Å². The van der Waals surface area contributed by atoms with Crippen molar-refractivity contribution >= 4 is 20.9 Å². The molecule has 0 aliphatic rings. The number of primary sulfonamides is 1. The number of aromatic nitrogens is 1. The van der Waals surface area contributed by atoms with Gasteiger partial charge < -0.3 is 0 Å². The Bertz CT molecular complexity index is 678. The number of nitrogens with two attached hydrogens (primary N) is 1. The number of fused-ring (bicyclic) bond motifs is 1. The van der Waals surface area contributed by atoms with E-state index < -0.39 is 10.0 Å². The van der Waals surface area contributed by atoms with Gasteiger partial charge >= 0.3 is 0 Å². The number of sulfonamides is 1. The van der Waals surface area contributed by atoms with E-state index in [1.54, 1.807) is 18.3 Å². The zero-order valence-corrected chi connectivity index (χ0v) is 11.2. The van der Waals surface area contributed by atoms with E-state index in [0.29, 0.717) is 5.92 Å². The minimum absolute atomic E-state index is 0.132. The lowest BCUT2D eigenvalue weighted by molar-refractivity contribution is 0.598. The highest BCUT2D eigenvalue weighted by Crippen LogP contribution is 2.22. The predicted octanol–water partition coefficient (Wildman–Crippen LogP) is 2.08. The van der Waals surface area contributed by atoms with Crippen LogP contribution in [0, 0.1) is 5.92 Å². The highest BCUT2D eigenvalue weighted by Gasteiger charge is 2.11. The number of nitrogens with zero attached hydrogens (tertiary/aromatic N) is 1. The van der Waals surface area contributed by atoms with Gasteiger partial charge in [0.25, 0.3) is 0 Å². The van der Waals surface area contributed by atoms with Crippen LogP contribution >= 0.6 is 0 Å². The standard InChI is InChI=1S/C13H16N2O2S/c1-9(2)7-10-5-6-15-13-4-3-11(8-12(10)13)18(14,16)17/h3-6,8-9H,7H2,1-2H3,(H2,14,16,17). The Kier molecular flexibility index (Phi) is 3.36. The maximum Gasteiger partial charge on any atom is 0.238 e. The summed E-state index contributed by atoms with van der Waals surface area (Å²) < 4.78 is 22.7. The molecular weight excluding hydrogens is 248 g/mol.